The van der Waals surface area contributed by atoms with Crippen LogP contribution in [0.4, 0.5) is 0 Å². The first-order chi connectivity index (χ1) is 7.01. The summed E-state index contributed by atoms with van der Waals surface area (Å²) in [6.07, 6.45) is 0.974. The molecule has 1 N–H and O–H groups in total. The van der Waals surface area contributed by atoms with Crippen molar-refractivity contribution in [2.24, 2.45) is 10.4 Å². The Bertz CT molecular complexity index is 267. The molecule has 0 radical (unpaired) electrons. The molecule has 0 aliphatic carbocycles. The van der Waals surface area contributed by atoms with Crippen LogP contribution in [0.3, 0.4) is 0 Å². The van der Waals surface area contributed by atoms with E-state index in [9.17, 15) is 4.79 Å². The first-order valence-corrected chi connectivity index (χ1v) is 5.86. The Morgan fingerprint density at radius 2 is 1.62 bits per heavy atom. The lowest BCUT2D eigenvalue weighted by Gasteiger charge is -2.18. The molecule has 0 atom stereocenters. The number of nitrogens with zero attached hydrogens (tertiary/aromatic N) is 1. The molecular formula is C13H26N2O. The molecule has 0 fully saturated rings. The Morgan fingerprint density at radius 1 is 1.12 bits per heavy atom. The number of rotatable bonds is 3. The standard InChI is InChI=1S/C13H26N2O/c1-10(15-13(5,6)7)11(16)14-9-8-12(2,3)4/h8-9H2,1-7H3,(H,14,16). The molecule has 0 saturated heterocycles. The number of nitrogens with one attached hydrogen (secondary N) is 1. The number of hydrogen-bond acceptors (Lipinski definition) is 2. The molecular weight excluding hydrogens is 200 g/mol. The zero-order chi connectivity index (χ0) is 13.0. The average molecular weight is 226 g/mol. The van der Waals surface area contributed by atoms with E-state index >= 15 is 0 Å². The predicted octanol–water partition coefficient (Wildman–Crippen LogP) is 2.80. The number of hydrogen-bond donors (Lipinski definition) is 1. The van der Waals surface area contributed by atoms with Crippen LogP contribution < -0.4 is 5.32 Å². The fraction of sp³-hybridized carbons (Fsp3) is 0.846. The zero-order valence-corrected chi connectivity index (χ0v) is 11.8. The summed E-state index contributed by atoms with van der Waals surface area (Å²) in [4.78, 5) is 16.0. The first-order valence-electron chi connectivity index (χ1n) is 5.86. The molecule has 0 spiro atoms. The van der Waals surface area contributed by atoms with Gasteiger partial charge in [-0.3, -0.25) is 9.79 Å². The second-order valence-corrected chi connectivity index (χ2v) is 6.43. The minimum Gasteiger partial charge on any atom is -0.351 e. The Labute approximate surface area is 99.7 Å². The maximum atomic E-state index is 11.7. The SMILES string of the molecule is CC(=NC(C)(C)C)C(=O)NCCC(C)(C)C. The van der Waals surface area contributed by atoms with E-state index in [4.69, 9.17) is 0 Å². The summed E-state index contributed by atoms with van der Waals surface area (Å²) in [5.41, 5.74) is 0.620. The molecule has 0 aromatic rings. The van der Waals surface area contributed by atoms with Gasteiger partial charge in [-0.05, 0) is 39.5 Å². The van der Waals surface area contributed by atoms with Crippen LogP contribution in [-0.2, 0) is 4.79 Å². The van der Waals surface area contributed by atoms with Gasteiger partial charge in [0.25, 0.3) is 5.91 Å². The summed E-state index contributed by atoms with van der Waals surface area (Å²) in [5, 5.41) is 2.89. The number of carbonyl (C=O) groups excluding carboxylic acids is 1. The van der Waals surface area contributed by atoms with Gasteiger partial charge in [0.1, 0.15) is 0 Å². The van der Waals surface area contributed by atoms with Crippen LogP contribution in [0.25, 0.3) is 0 Å². The zero-order valence-electron chi connectivity index (χ0n) is 11.8. The second kappa shape index (κ2) is 5.46. The van der Waals surface area contributed by atoms with Crippen LogP contribution in [0, 0.1) is 5.41 Å². The Balaban J connectivity index is 4.14. The fourth-order valence-electron chi connectivity index (χ4n) is 1.23. The topological polar surface area (TPSA) is 41.5 Å². The summed E-state index contributed by atoms with van der Waals surface area (Å²) < 4.78 is 0. The number of carbonyl (C=O) groups is 1. The molecule has 0 rings (SSSR count). The molecule has 3 heteroatoms. The van der Waals surface area contributed by atoms with Crippen LogP contribution in [0.2, 0.25) is 0 Å². The predicted molar refractivity (Wildman–Crippen MR) is 69.9 cm³/mol. The monoisotopic (exact) mass is 226 g/mol. The lowest BCUT2D eigenvalue weighted by molar-refractivity contribution is -0.114. The van der Waals surface area contributed by atoms with Crippen LogP contribution in [0.15, 0.2) is 4.99 Å². The summed E-state index contributed by atoms with van der Waals surface area (Å²) >= 11 is 0. The van der Waals surface area contributed by atoms with Gasteiger partial charge in [0, 0.05) is 6.54 Å². The van der Waals surface area contributed by atoms with Gasteiger partial charge in [0.05, 0.1) is 11.3 Å². The van der Waals surface area contributed by atoms with E-state index in [0.717, 1.165) is 6.42 Å². The van der Waals surface area contributed by atoms with Crippen molar-refractivity contribution in [3.8, 4) is 0 Å². The van der Waals surface area contributed by atoms with E-state index < -0.39 is 0 Å². The van der Waals surface area contributed by atoms with Gasteiger partial charge in [0.15, 0.2) is 0 Å². The molecule has 0 aromatic heterocycles. The largest absolute Gasteiger partial charge is 0.351 e. The highest BCUT2D eigenvalue weighted by Gasteiger charge is 2.14. The molecule has 0 bridgehead atoms. The average Bonchev–Trinajstić information content (AvgIpc) is 1.98. The van der Waals surface area contributed by atoms with Crippen molar-refractivity contribution in [3.63, 3.8) is 0 Å². The molecule has 0 aliphatic heterocycles. The van der Waals surface area contributed by atoms with Gasteiger partial charge in [-0.2, -0.15) is 0 Å². The van der Waals surface area contributed by atoms with Crippen molar-refractivity contribution in [2.75, 3.05) is 6.54 Å². The van der Waals surface area contributed by atoms with Crippen LogP contribution in [-0.4, -0.2) is 23.7 Å². The number of aliphatic imine (C=N–C) groups is 1. The third-order valence-corrected chi connectivity index (χ3v) is 1.99. The van der Waals surface area contributed by atoms with Crippen molar-refractivity contribution in [2.45, 2.75) is 60.4 Å². The smallest absolute Gasteiger partial charge is 0.264 e. The molecule has 3 nitrogen and oxygen atoms in total. The lowest BCUT2D eigenvalue weighted by atomic mass is 9.92. The van der Waals surface area contributed by atoms with Gasteiger partial charge in [0.2, 0.25) is 0 Å². The fourth-order valence-corrected chi connectivity index (χ4v) is 1.23. The molecule has 0 saturated carbocycles. The summed E-state index contributed by atoms with van der Waals surface area (Å²) in [6, 6.07) is 0. The molecule has 94 valence electrons. The molecule has 1 amide bonds. The van der Waals surface area contributed by atoms with E-state index in [1.165, 1.54) is 0 Å². The normalized spacial score (nSPS) is 13.8. The minimum atomic E-state index is -0.189. The Morgan fingerprint density at radius 3 is 2.00 bits per heavy atom. The van der Waals surface area contributed by atoms with Crippen molar-refractivity contribution >= 4 is 11.6 Å². The Kier molecular flexibility index (Phi) is 5.17. The quantitative estimate of drug-likeness (QED) is 0.739. The van der Waals surface area contributed by atoms with Crippen molar-refractivity contribution < 1.29 is 4.79 Å². The number of amides is 1. The van der Waals surface area contributed by atoms with Crippen LogP contribution in [0.5, 0.6) is 0 Å². The third kappa shape index (κ3) is 8.45. The van der Waals surface area contributed by atoms with Crippen molar-refractivity contribution in [1.29, 1.82) is 0 Å². The van der Waals surface area contributed by atoms with Gasteiger partial charge < -0.3 is 5.32 Å². The van der Waals surface area contributed by atoms with E-state index in [2.05, 4.69) is 31.1 Å². The summed E-state index contributed by atoms with van der Waals surface area (Å²) in [7, 11) is 0. The van der Waals surface area contributed by atoms with Gasteiger partial charge >= 0.3 is 0 Å². The summed E-state index contributed by atoms with van der Waals surface area (Å²) in [6.45, 7) is 14.9. The maximum Gasteiger partial charge on any atom is 0.264 e. The van der Waals surface area contributed by atoms with Crippen molar-refractivity contribution in [1.82, 2.24) is 5.32 Å². The lowest BCUT2D eigenvalue weighted by Crippen LogP contribution is -2.33. The second-order valence-electron chi connectivity index (χ2n) is 6.43. The van der Waals surface area contributed by atoms with E-state index in [-0.39, 0.29) is 16.9 Å². The highest BCUT2D eigenvalue weighted by Crippen LogP contribution is 2.16. The maximum absolute atomic E-state index is 11.7. The van der Waals surface area contributed by atoms with Crippen LogP contribution in [0.1, 0.15) is 54.9 Å². The highest BCUT2D eigenvalue weighted by atomic mass is 16.1. The van der Waals surface area contributed by atoms with Crippen LogP contribution >= 0.6 is 0 Å². The van der Waals surface area contributed by atoms with Gasteiger partial charge in [-0.15, -0.1) is 0 Å². The summed E-state index contributed by atoms with van der Waals surface area (Å²) in [5.74, 6) is -0.0563. The molecule has 0 unspecified atom stereocenters. The van der Waals surface area contributed by atoms with E-state index in [0.29, 0.717) is 12.3 Å². The Hall–Kier alpha value is -0.860. The van der Waals surface area contributed by atoms with E-state index in [1.54, 1.807) is 6.92 Å². The van der Waals surface area contributed by atoms with E-state index in [1.807, 2.05) is 20.8 Å². The van der Waals surface area contributed by atoms with Gasteiger partial charge in [-0.25, -0.2) is 0 Å². The minimum absolute atomic E-state index is 0.0563. The van der Waals surface area contributed by atoms with Gasteiger partial charge in [-0.1, -0.05) is 20.8 Å². The molecule has 0 aromatic carbocycles. The molecule has 0 aliphatic rings. The molecule has 16 heavy (non-hydrogen) atoms. The van der Waals surface area contributed by atoms with Crippen molar-refractivity contribution in [3.05, 3.63) is 0 Å². The first kappa shape index (κ1) is 15.1. The highest BCUT2D eigenvalue weighted by molar-refractivity contribution is 6.38. The molecule has 0 heterocycles. The third-order valence-electron chi connectivity index (χ3n) is 1.99.